The van der Waals surface area contributed by atoms with E-state index in [9.17, 15) is 9.90 Å². The molecule has 0 bridgehead atoms. The summed E-state index contributed by atoms with van der Waals surface area (Å²) >= 11 is 0. The second-order valence-electron chi connectivity index (χ2n) is 5.63. The molecule has 116 valence electrons. The average molecular weight is 292 g/mol. The molecule has 0 saturated carbocycles. The SMILES string of the molecule is COc1ccc(CN(C)C(=O)CN2CCCC(O)C2)cc1. The van der Waals surface area contributed by atoms with Gasteiger partial charge in [-0.05, 0) is 37.1 Å². The Morgan fingerprint density at radius 1 is 1.43 bits per heavy atom. The molecule has 1 N–H and O–H groups in total. The highest BCUT2D eigenvalue weighted by molar-refractivity contribution is 5.78. The summed E-state index contributed by atoms with van der Waals surface area (Å²) < 4.78 is 5.12. The average Bonchev–Trinajstić information content (AvgIpc) is 2.48. The van der Waals surface area contributed by atoms with E-state index >= 15 is 0 Å². The molecule has 0 radical (unpaired) electrons. The minimum absolute atomic E-state index is 0.0833. The van der Waals surface area contributed by atoms with Crippen LogP contribution in [0.15, 0.2) is 24.3 Å². The van der Waals surface area contributed by atoms with Crippen LogP contribution in [0, 0.1) is 0 Å². The molecule has 0 spiro atoms. The van der Waals surface area contributed by atoms with Gasteiger partial charge in [0.05, 0.1) is 19.8 Å². The van der Waals surface area contributed by atoms with Crippen LogP contribution < -0.4 is 4.74 Å². The summed E-state index contributed by atoms with van der Waals surface area (Å²) in [5, 5.41) is 9.64. The molecule has 5 heteroatoms. The van der Waals surface area contributed by atoms with E-state index in [4.69, 9.17) is 4.74 Å². The number of ether oxygens (including phenoxy) is 1. The summed E-state index contributed by atoms with van der Waals surface area (Å²) in [7, 11) is 3.45. The van der Waals surface area contributed by atoms with Gasteiger partial charge < -0.3 is 14.7 Å². The van der Waals surface area contributed by atoms with Crippen molar-refractivity contribution < 1.29 is 14.6 Å². The maximum atomic E-state index is 12.2. The summed E-state index contributed by atoms with van der Waals surface area (Å²) in [5.74, 6) is 0.898. The van der Waals surface area contributed by atoms with E-state index in [1.165, 1.54) is 0 Å². The zero-order valence-electron chi connectivity index (χ0n) is 12.8. The minimum atomic E-state index is -0.293. The lowest BCUT2D eigenvalue weighted by molar-refractivity contribution is -0.132. The summed E-state index contributed by atoms with van der Waals surface area (Å²) in [6.07, 6.45) is 1.50. The molecule has 5 nitrogen and oxygen atoms in total. The number of rotatable bonds is 5. The highest BCUT2D eigenvalue weighted by atomic mass is 16.5. The highest BCUT2D eigenvalue weighted by Crippen LogP contribution is 2.13. The van der Waals surface area contributed by atoms with Gasteiger partial charge in [-0.25, -0.2) is 0 Å². The lowest BCUT2D eigenvalue weighted by atomic mass is 10.1. The first-order valence-corrected chi connectivity index (χ1v) is 7.36. The summed E-state index contributed by atoms with van der Waals surface area (Å²) in [5.41, 5.74) is 1.07. The van der Waals surface area contributed by atoms with Crippen molar-refractivity contribution in [2.75, 3.05) is 33.8 Å². The topological polar surface area (TPSA) is 53.0 Å². The molecule has 1 unspecified atom stereocenters. The van der Waals surface area contributed by atoms with Gasteiger partial charge in [0.25, 0.3) is 0 Å². The number of hydrogen-bond acceptors (Lipinski definition) is 4. The van der Waals surface area contributed by atoms with E-state index < -0.39 is 0 Å². The number of benzene rings is 1. The van der Waals surface area contributed by atoms with Gasteiger partial charge >= 0.3 is 0 Å². The third-order valence-corrected chi connectivity index (χ3v) is 3.84. The molecule has 1 aromatic carbocycles. The van der Waals surface area contributed by atoms with Crippen LogP contribution in [0.5, 0.6) is 5.75 Å². The summed E-state index contributed by atoms with van der Waals surface area (Å²) in [6, 6.07) is 7.73. The monoisotopic (exact) mass is 292 g/mol. The van der Waals surface area contributed by atoms with Crippen LogP contribution in [0.4, 0.5) is 0 Å². The van der Waals surface area contributed by atoms with Crippen LogP contribution in [0.2, 0.25) is 0 Å². The van der Waals surface area contributed by atoms with Crippen molar-refractivity contribution in [3.8, 4) is 5.75 Å². The Hall–Kier alpha value is -1.59. The molecular weight excluding hydrogens is 268 g/mol. The number of likely N-dealkylation sites (tertiary alicyclic amines) is 1. The molecule has 1 heterocycles. The van der Waals surface area contributed by atoms with Crippen molar-refractivity contribution in [2.24, 2.45) is 0 Å². The number of β-amino-alcohol motifs (C(OH)–C–C–N with tert-alkyl or cyclic N) is 1. The number of carbonyl (C=O) groups excluding carboxylic acids is 1. The first kappa shape index (κ1) is 15.8. The number of likely N-dealkylation sites (N-methyl/N-ethyl adjacent to an activating group) is 1. The molecule has 1 aromatic rings. The van der Waals surface area contributed by atoms with E-state index in [2.05, 4.69) is 0 Å². The molecule has 0 aromatic heterocycles. The number of amides is 1. The lowest BCUT2D eigenvalue weighted by Crippen LogP contribution is -2.44. The molecule has 1 amide bonds. The Morgan fingerprint density at radius 2 is 2.14 bits per heavy atom. The maximum absolute atomic E-state index is 12.2. The van der Waals surface area contributed by atoms with Gasteiger partial charge in [-0.15, -0.1) is 0 Å². The predicted molar refractivity (Wildman–Crippen MR) is 81.1 cm³/mol. The Labute approximate surface area is 126 Å². The van der Waals surface area contributed by atoms with Crippen LogP contribution in [-0.4, -0.2) is 60.7 Å². The second-order valence-corrected chi connectivity index (χ2v) is 5.63. The van der Waals surface area contributed by atoms with Crippen molar-refractivity contribution >= 4 is 5.91 Å². The van der Waals surface area contributed by atoms with Crippen LogP contribution in [0.25, 0.3) is 0 Å². The van der Waals surface area contributed by atoms with Crippen LogP contribution in [0.1, 0.15) is 18.4 Å². The zero-order valence-corrected chi connectivity index (χ0v) is 12.8. The minimum Gasteiger partial charge on any atom is -0.497 e. The molecule has 0 aliphatic carbocycles. The molecule has 1 aliphatic rings. The number of hydrogen-bond donors (Lipinski definition) is 1. The molecule has 1 aliphatic heterocycles. The number of methoxy groups -OCH3 is 1. The van der Waals surface area contributed by atoms with Crippen molar-refractivity contribution in [3.05, 3.63) is 29.8 Å². The van der Waals surface area contributed by atoms with Gasteiger partial charge in [-0.3, -0.25) is 9.69 Å². The fourth-order valence-electron chi connectivity index (χ4n) is 2.58. The Balaban J connectivity index is 1.83. The molecule has 1 fully saturated rings. The predicted octanol–water partition coefficient (Wildman–Crippen LogP) is 1.11. The van der Waals surface area contributed by atoms with E-state index in [0.717, 1.165) is 30.7 Å². The maximum Gasteiger partial charge on any atom is 0.236 e. The van der Waals surface area contributed by atoms with Gasteiger partial charge in [-0.2, -0.15) is 0 Å². The summed E-state index contributed by atoms with van der Waals surface area (Å²) in [4.78, 5) is 16.0. The molecule has 2 rings (SSSR count). The molecule has 21 heavy (non-hydrogen) atoms. The van der Waals surface area contributed by atoms with Crippen molar-refractivity contribution in [1.82, 2.24) is 9.80 Å². The van der Waals surface area contributed by atoms with Gasteiger partial charge in [0.1, 0.15) is 5.75 Å². The van der Waals surface area contributed by atoms with E-state index in [1.54, 1.807) is 12.0 Å². The second kappa shape index (κ2) is 7.43. The van der Waals surface area contributed by atoms with Crippen LogP contribution in [-0.2, 0) is 11.3 Å². The van der Waals surface area contributed by atoms with E-state index in [1.807, 2.05) is 36.2 Å². The van der Waals surface area contributed by atoms with Crippen LogP contribution >= 0.6 is 0 Å². The first-order chi connectivity index (χ1) is 10.1. The highest BCUT2D eigenvalue weighted by Gasteiger charge is 2.21. The van der Waals surface area contributed by atoms with Gasteiger partial charge in [0, 0.05) is 20.1 Å². The van der Waals surface area contributed by atoms with Crippen molar-refractivity contribution in [2.45, 2.75) is 25.5 Å². The number of nitrogens with zero attached hydrogens (tertiary/aromatic N) is 2. The smallest absolute Gasteiger partial charge is 0.236 e. The van der Waals surface area contributed by atoms with Gasteiger partial charge in [-0.1, -0.05) is 12.1 Å². The number of carbonyl (C=O) groups is 1. The number of aliphatic hydroxyl groups is 1. The zero-order chi connectivity index (χ0) is 15.2. The summed E-state index contributed by atoms with van der Waals surface area (Å²) in [6.45, 7) is 2.45. The first-order valence-electron chi connectivity index (χ1n) is 7.36. The molecule has 1 saturated heterocycles. The largest absolute Gasteiger partial charge is 0.497 e. The molecule has 1 atom stereocenters. The van der Waals surface area contributed by atoms with Gasteiger partial charge in [0.2, 0.25) is 5.91 Å². The van der Waals surface area contributed by atoms with Crippen LogP contribution in [0.3, 0.4) is 0 Å². The quantitative estimate of drug-likeness (QED) is 0.883. The fraction of sp³-hybridized carbons (Fsp3) is 0.562. The molecular formula is C16H24N2O3. The normalized spacial score (nSPS) is 19.3. The van der Waals surface area contributed by atoms with Gasteiger partial charge in [0.15, 0.2) is 0 Å². The van der Waals surface area contributed by atoms with E-state index in [-0.39, 0.29) is 12.0 Å². The third-order valence-electron chi connectivity index (χ3n) is 3.84. The fourth-order valence-corrected chi connectivity index (χ4v) is 2.58. The Morgan fingerprint density at radius 3 is 2.76 bits per heavy atom. The Kier molecular flexibility index (Phi) is 5.59. The lowest BCUT2D eigenvalue weighted by Gasteiger charge is -2.30. The van der Waals surface area contributed by atoms with Crippen molar-refractivity contribution in [3.63, 3.8) is 0 Å². The standard InChI is InChI=1S/C16H24N2O3/c1-17(10-13-5-7-15(21-2)8-6-13)16(20)12-18-9-3-4-14(19)11-18/h5-8,14,19H,3-4,9-12H2,1-2H3. The Bertz CT molecular complexity index is 461. The third kappa shape index (κ3) is 4.72. The number of piperidine rings is 1. The van der Waals surface area contributed by atoms with Crippen molar-refractivity contribution in [1.29, 1.82) is 0 Å². The van der Waals surface area contributed by atoms with E-state index in [0.29, 0.717) is 19.6 Å². The number of aliphatic hydroxyl groups excluding tert-OH is 1.